The molecule has 1 heterocycles. The Hall–Kier alpha value is -1.39. The third-order valence-electron chi connectivity index (χ3n) is 4.51. The summed E-state index contributed by atoms with van der Waals surface area (Å²) in [5.74, 6) is 1.87. The van der Waals surface area contributed by atoms with Gasteiger partial charge in [-0.3, -0.25) is 0 Å². The number of benzene rings is 1. The zero-order valence-electron chi connectivity index (χ0n) is 12.2. The van der Waals surface area contributed by atoms with Crippen molar-refractivity contribution >= 4 is 11.6 Å². The molecule has 1 saturated carbocycles. The van der Waals surface area contributed by atoms with E-state index in [1.54, 1.807) is 0 Å². The highest BCUT2D eigenvalue weighted by atomic mass is 35.5. The van der Waals surface area contributed by atoms with Gasteiger partial charge in [-0.2, -0.15) is 4.98 Å². The second-order valence-corrected chi connectivity index (χ2v) is 6.38. The van der Waals surface area contributed by atoms with Crippen molar-refractivity contribution in [1.82, 2.24) is 10.1 Å². The molecule has 0 bridgehead atoms. The van der Waals surface area contributed by atoms with Gasteiger partial charge in [-0.15, -0.1) is 0 Å². The summed E-state index contributed by atoms with van der Waals surface area (Å²) >= 11 is 6.00. The van der Waals surface area contributed by atoms with E-state index in [0.29, 0.717) is 16.7 Å². The predicted molar refractivity (Wildman–Crippen MR) is 82.9 cm³/mol. The number of rotatable bonds is 3. The van der Waals surface area contributed by atoms with E-state index in [1.165, 1.54) is 6.42 Å². The van der Waals surface area contributed by atoms with Crippen LogP contribution in [0.4, 0.5) is 0 Å². The van der Waals surface area contributed by atoms with Crippen LogP contribution >= 0.6 is 11.6 Å². The van der Waals surface area contributed by atoms with Crippen molar-refractivity contribution in [1.29, 1.82) is 0 Å². The molecular weight excluding hydrogens is 286 g/mol. The molecule has 1 aromatic carbocycles. The highest BCUT2D eigenvalue weighted by Crippen LogP contribution is 2.38. The molecule has 1 aliphatic rings. The van der Waals surface area contributed by atoms with Crippen molar-refractivity contribution < 1.29 is 4.52 Å². The molecule has 0 radical (unpaired) electrons. The van der Waals surface area contributed by atoms with E-state index in [0.717, 1.165) is 37.2 Å². The quantitative estimate of drug-likeness (QED) is 0.925. The Morgan fingerprint density at radius 1 is 1.38 bits per heavy atom. The van der Waals surface area contributed by atoms with Crippen LogP contribution < -0.4 is 5.73 Å². The number of hydrogen-bond donors (Lipinski definition) is 1. The standard InChI is InChI=1S/C16H20ClN3O/c1-2-11-6-8-16(18,9-7-11)15-19-14(20-21-15)12-4-3-5-13(17)10-12/h3-5,10-11H,2,6-9,18H2,1H3. The first-order valence-electron chi connectivity index (χ1n) is 7.50. The SMILES string of the molecule is CCC1CCC(N)(c2nc(-c3cccc(Cl)c3)no2)CC1. The van der Waals surface area contributed by atoms with Crippen molar-refractivity contribution in [3.63, 3.8) is 0 Å². The Labute approximate surface area is 129 Å². The summed E-state index contributed by atoms with van der Waals surface area (Å²) in [7, 11) is 0. The lowest BCUT2D eigenvalue weighted by atomic mass is 9.76. The maximum Gasteiger partial charge on any atom is 0.247 e. The summed E-state index contributed by atoms with van der Waals surface area (Å²) < 4.78 is 5.44. The molecule has 0 spiro atoms. The van der Waals surface area contributed by atoms with Gasteiger partial charge in [0.05, 0.1) is 5.54 Å². The molecule has 0 atom stereocenters. The maximum atomic E-state index is 6.50. The largest absolute Gasteiger partial charge is 0.337 e. The van der Waals surface area contributed by atoms with Crippen molar-refractivity contribution in [2.24, 2.45) is 11.7 Å². The van der Waals surface area contributed by atoms with E-state index >= 15 is 0 Å². The molecule has 1 fully saturated rings. The van der Waals surface area contributed by atoms with E-state index in [2.05, 4.69) is 17.1 Å². The Kier molecular flexibility index (Phi) is 4.00. The van der Waals surface area contributed by atoms with Crippen molar-refractivity contribution in [2.45, 2.75) is 44.6 Å². The van der Waals surface area contributed by atoms with Crippen LogP contribution in [0.5, 0.6) is 0 Å². The summed E-state index contributed by atoms with van der Waals surface area (Å²) in [5.41, 5.74) is 6.87. The molecule has 0 aliphatic heterocycles. The minimum absolute atomic E-state index is 0.477. The van der Waals surface area contributed by atoms with Crippen LogP contribution in [0.3, 0.4) is 0 Å². The van der Waals surface area contributed by atoms with E-state index < -0.39 is 5.54 Å². The lowest BCUT2D eigenvalue weighted by molar-refractivity contribution is 0.181. The normalized spacial score (nSPS) is 26.0. The van der Waals surface area contributed by atoms with E-state index in [4.69, 9.17) is 21.9 Å². The fraction of sp³-hybridized carbons (Fsp3) is 0.500. The average molecular weight is 306 g/mol. The van der Waals surface area contributed by atoms with Crippen molar-refractivity contribution in [3.8, 4) is 11.4 Å². The molecule has 4 nitrogen and oxygen atoms in total. The second kappa shape index (κ2) is 5.78. The van der Waals surface area contributed by atoms with Crippen molar-refractivity contribution in [3.05, 3.63) is 35.2 Å². The Morgan fingerprint density at radius 2 is 2.14 bits per heavy atom. The summed E-state index contributed by atoms with van der Waals surface area (Å²) in [6.07, 6.45) is 5.28. The lowest BCUT2D eigenvalue weighted by Crippen LogP contribution is -2.40. The maximum absolute atomic E-state index is 6.50. The predicted octanol–water partition coefficient (Wildman–Crippen LogP) is 4.14. The van der Waals surface area contributed by atoms with E-state index in [-0.39, 0.29) is 0 Å². The fourth-order valence-electron chi connectivity index (χ4n) is 2.99. The van der Waals surface area contributed by atoms with Gasteiger partial charge in [-0.1, -0.05) is 42.2 Å². The molecule has 2 aromatic rings. The van der Waals surface area contributed by atoms with Gasteiger partial charge >= 0.3 is 0 Å². The molecule has 1 aromatic heterocycles. The zero-order chi connectivity index (χ0) is 14.9. The number of halogens is 1. The van der Waals surface area contributed by atoms with Gasteiger partial charge in [0.25, 0.3) is 0 Å². The van der Waals surface area contributed by atoms with E-state index in [9.17, 15) is 0 Å². The molecule has 0 amide bonds. The average Bonchev–Trinajstić information content (AvgIpc) is 2.99. The third kappa shape index (κ3) is 2.97. The fourth-order valence-corrected chi connectivity index (χ4v) is 3.18. The van der Waals surface area contributed by atoms with Gasteiger partial charge in [0, 0.05) is 10.6 Å². The zero-order valence-corrected chi connectivity index (χ0v) is 12.9. The third-order valence-corrected chi connectivity index (χ3v) is 4.74. The van der Waals surface area contributed by atoms with Gasteiger partial charge in [0.1, 0.15) is 0 Å². The molecule has 2 N–H and O–H groups in total. The molecule has 112 valence electrons. The molecular formula is C16H20ClN3O. The molecule has 0 saturated heterocycles. The molecule has 3 rings (SSSR count). The van der Waals surface area contributed by atoms with Gasteiger partial charge < -0.3 is 10.3 Å². The number of nitrogens with two attached hydrogens (primary N) is 1. The van der Waals surface area contributed by atoms with Crippen LogP contribution in [0.2, 0.25) is 5.02 Å². The van der Waals surface area contributed by atoms with Crippen molar-refractivity contribution in [2.75, 3.05) is 0 Å². The Balaban J connectivity index is 1.82. The smallest absolute Gasteiger partial charge is 0.247 e. The van der Waals surface area contributed by atoms with Crippen LogP contribution in [-0.2, 0) is 5.54 Å². The van der Waals surface area contributed by atoms with Gasteiger partial charge in [-0.05, 0) is 43.7 Å². The van der Waals surface area contributed by atoms with E-state index in [1.807, 2.05) is 24.3 Å². The topological polar surface area (TPSA) is 64.9 Å². The summed E-state index contributed by atoms with van der Waals surface area (Å²) in [4.78, 5) is 4.51. The Bertz CT molecular complexity index is 617. The lowest BCUT2D eigenvalue weighted by Gasteiger charge is -2.33. The molecule has 1 aliphatic carbocycles. The van der Waals surface area contributed by atoms with Crippen LogP contribution in [0.1, 0.15) is 44.9 Å². The minimum Gasteiger partial charge on any atom is -0.337 e. The molecule has 5 heteroatoms. The minimum atomic E-state index is -0.477. The number of aromatic nitrogens is 2. The van der Waals surface area contributed by atoms with Crippen LogP contribution in [0, 0.1) is 5.92 Å². The summed E-state index contributed by atoms with van der Waals surface area (Å²) in [5, 5.41) is 4.72. The van der Waals surface area contributed by atoms with Gasteiger partial charge in [-0.25, -0.2) is 0 Å². The second-order valence-electron chi connectivity index (χ2n) is 5.94. The number of nitrogens with zero attached hydrogens (tertiary/aromatic N) is 2. The monoisotopic (exact) mass is 305 g/mol. The van der Waals surface area contributed by atoms with Crippen LogP contribution in [0.15, 0.2) is 28.8 Å². The highest BCUT2D eigenvalue weighted by Gasteiger charge is 2.37. The Morgan fingerprint density at radius 3 is 2.81 bits per heavy atom. The summed E-state index contributed by atoms with van der Waals surface area (Å²) in [6, 6.07) is 7.44. The highest BCUT2D eigenvalue weighted by molar-refractivity contribution is 6.30. The van der Waals surface area contributed by atoms with Gasteiger partial charge in [0.15, 0.2) is 0 Å². The molecule has 21 heavy (non-hydrogen) atoms. The first-order valence-corrected chi connectivity index (χ1v) is 7.87. The summed E-state index contributed by atoms with van der Waals surface area (Å²) in [6.45, 7) is 2.23. The first kappa shape index (κ1) is 14.5. The van der Waals surface area contributed by atoms with Gasteiger partial charge in [0.2, 0.25) is 11.7 Å². The number of hydrogen-bond acceptors (Lipinski definition) is 4. The van der Waals surface area contributed by atoms with Crippen LogP contribution in [0.25, 0.3) is 11.4 Å². The molecule has 0 unspecified atom stereocenters. The van der Waals surface area contributed by atoms with Crippen LogP contribution in [-0.4, -0.2) is 10.1 Å². The first-order chi connectivity index (χ1) is 10.1.